The van der Waals surface area contributed by atoms with Gasteiger partial charge in [0.25, 0.3) is 0 Å². The maximum Gasteiger partial charge on any atom is 0.0953 e. The number of epoxide rings is 1. The van der Waals surface area contributed by atoms with Gasteiger partial charge in [0.15, 0.2) is 0 Å². The zero-order chi connectivity index (χ0) is 19.7. The van der Waals surface area contributed by atoms with Gasteiger partial charge in [-0.2, -0.15) is 0 Å². The minimum Gasteiger partial charge on any atom is -0.366 e. The molecule has 0 radical (unpaired) electrons. The Morgan fingerprint density at radius 1 is 0.821 bits per heavy atom. The molecule has 0 N–H and O–H groups in total. The molecular formula is C27H46O. The molecule has 4 saturated carbocycles. The number of hydrogen-bond acceptors (Lipinski definition) is 1. The van der Waals surface area contributed by atoms with Gasteiger partial charge in [-0.05, 0) is 117 Å². The van der Waals surface area contributed by atoms with Crippen LogP contribution in [-0.4, -0.2) is 11.7 Å². The summed E-state index contributed by atoms with van der Waals surface area (Å²) in [6.45, 7) is 12.6. The van der Waals surface area contributed by atoms with Crippen LogP contribution >= 0.6 is 0 Å². The van der Waals surface area contributed by atoms with Crippen molar-refractivity contribution < 1.29 is 4.74 Å². The van der Waals surface area contributed by atoms with Gasteiger partial charge in [0, 0.05) is 0 Å². The molecular weight excluding hydrogens is 340 g/mol. The van der Waals surface area contributed by atoms with E-state index in [0.717, 1.165) is 35.5 Å². The Morgan fingerprint density at radius 3 is 2.39 bits per heavy atom. The van der Waals surface area contributed by atoms with Gasteiger partial charge < -0.3 is 4.74 Å². The van der Waals surface area contributed by atoms with Crippen LogP contribution in [-0.2, 0) is 4.74 Å². The van der Waals surface area contributed by atoms with Gasteiger partial charge in [0.1, 0.15) is 0 Å². The molecule has 1 heterocycles. The fourth-order valence-electron chi connectivity index (χ4n) is 9.65. The van der Waals surface area contributed by atoms with E-state index in [1.54, 1.807) is 12.8 Å². The molecule has 160 valence electrons. The second kappa shape index (κ2) is 6.73. The van der Waals surface area contributed by atoms with Gasteiger partial charge in [-0.1, -0.05) is 40.5 Å². The first-order valence-corrected chi connectivity index (χ1v) is 13.0. The highest BCUT2D eigenvalue weighted by Gasteiger charge is 2.68. The first-order chi connectivity index (χ1) is 13.3. The Labute approximate surface area is 174 Å². The predicted molar refractivity (Wildman–Crippen MR) is 117 cm³/mol. The highest BCUT2D eigenvalue weighted by Crippen LogP contribution is 2.70. The van der Waals surface area contributed by atoms with Crippen molar-refractivity contribution in [2.75, 3.05) is 0 Å². The Bertz CT molecular complexity index is 597. The van der Waals surface area contributed by atoms with E-state index in [1.807, 2.05) is 0 Å². The van der Waals surface area contributed by atoms with Crippen molar-refractivity contribution >= 4 is 0 Å². The molecule has 1 aliphatic heterocycles. The van der Waals surface area contributed by atoms with Crippen molar-refractivity contribution in [1.82, 2.24) is 0 Å². The Balaban J connectivity index is 1.33. The number of fused-ring (bicyclic) bond motifs is 5. The van der Waals surface area contributed by atoms with Gasteiger partial charge in [0.05, 0.1) is 11.7 Å². The van der Waals surface area contributed by atoms with Gasteiger partial charge in [-0.15, -0.1) is 0 Å². The van der Waals surface area contributed by atoms with E-state index in [9.17, 15) is 0 Å². The Hall–Kier alpha value is -0.0400. The molecule has 28 heavy (non-hydrogen) atoms. The predicted octanol–water partition coefficient (Wildman–Crippen LogP) is 7.63. The zero-order valence-corrected chi connectivity index (χ0v) is 19.4. The molecule has 0 aromatic heterocycles. The molecule has 4 aliphatic carbocycles. The van der Waals surface area contributed by atoms with Crippen LogP contribution in [0.5, 0.6) is 0 Å². The lowest BCUT2D eigenvalue weighted by atomic mass is 9.44. The topological polar surface area (TPSA) is 12.5 Å². The maximum atomic E-state index is 6.49. The van der Waals surface area contributed by atoms with E-state index in [1.165, 1.54) is 64.2 Å². The van der Waals surface area contributed by atoms with Crippen LogP contribution in [0.1, 0.15) is 112 Å². The maximum absolute atomic E-state index is 6.49. The summed E-state index contributed by atoms with van der Waals surface area (Å²) in [6.07, 6.45) is 18.3. The number of ether oxygens (including phenoxy) is 1. The highest BCUT2D eigenvalue weighted by molar-refractivity contribution is 5.16. The summed E-state index contributed by atoms with van der Waals surface area (Å²) in [7, 11) is 0. The minimum atomic E-state index is 0.206. The lowest BCUT2D eigenvalue weighted by Crippen LogP contribution is -2.53. The van der Waals surface area contributed by atoms with E-state index in [4.69, 9.17) is 4.74 Å². The van der Waals surface area contributed by atoms with Gasteiger partial charge in [-0.3, -0.25) is 0 Å². The van der Waals surface area contributed by atoms with E-state index in [2.05, 4.69) is 34.6 Å². The smallest absolute Gasteiger partial charge is 0.0953 e. The molecule has 5 fully saturated rings. The van der Waals surface area contributed by atoms with E-state index in [0.29, 0.717) is 16.9 Å². The normalized spacial score (nSPS) is 55.5. The standard InChI is InChI=1S/C27H46O/c1-18(2)9-14-24-27(5,28-24)23-13-12-21-20-11-10-19-8-6-7-16-25(19,3)22(20)15-17-26(21,23)4/h18-24H,6-17H2,1-5H3/t19?,20-,21-,22-,23-,24?,25-,26-,27+/m0/s1. The fraction of sp³-hybridized carbons (Fsp3) is 1.00. The third kappa shape index (κ3) is 2.80. The first kappa shape index (κ1) is 19.9. The van der Waals surface area contributed by atoms with Gasteiger partial charge >= 0.3 is 0 Å². The third-order valence-electron chi connectivity index (χ3n) is 11.3. The summed E-state index contributed by atoms with van der Waals surface area (Å²) < 4.78 is 6.49. The monoisotopic (exact) mass is 386 g/mol. The zero-order valence-electron chi connectivity index (χ0n) is 19.4. The second-order valence-corrected chi connectivity index (χ2v) is 12.8. The second-order valence-electron chi connectivity index (χ2n) is 12.8. The molecule has 5 aliphatic rings. The summed E-state index contributed by atoms with van der Waals surface area (Å²) in [5, 5.41) is 0. The van der Waals surface area contributed by atoms with Crippen LogP contribution in [0, 0.1) is 46.3 Å². The van der Waals surface area contributed by atoms with Crippen molar-refractivity contribution in [3.05, 3.63) is 0 Å². The quantitative estimate of drug-likeness (QED) is 0.452. The molecule has 1 saturated heterocycles. The summed E-state index contributed by atoms with van der Waals surface area (Å²) in [5.41, 5.74) is 1.44. The molecule has 0 aromatic rings. The molecule has 0 aromatic carbocycles. The average Bonchev–Trinajstić information content (AvgIpc) is 3.16. The lowest BCUT2D eigenvalue weighted by Gasteiger charge is -2.60. The van der Waals surface area contributed by atoms with Gasteiger partial charge in [-0.25, -0.2) is 0 Å². The van der Waals surface area contributed by atoms with Crippen molar-refractivity contribution in [3.8, 4) is 0 Å². The molecule has 2 unspecified atom stereocenters. The summed E-state index contributed by atoms with van der Waals surface area (Å²) in [4.78, 5) is 0. The molecule has 9 atom stereocenters. The van der Waals surface area contributed by atoms with Crippen LogP contribution in [0.15, 0.2) is 0 Å². The summed E-state index contributed by atoms with van der Waals surface area (Å²) in [5.74, 6) is 5.73. The van der Waals surface area contributed by atoms with E-state index >= 15 is 0 Å². The Morgan fingerprint density at radius 2 is 1.61 bits per heavy atom. The first-order valence-electron chi connectivity index (χ1n) is 13.0. The third-order valence-corrected chi connectivity index (χ3v) is 11.3. The van der Waals surface area contributed by atoms with Crippen molar-refractivity contribution in [3.63, 3.8) is 0 Å². The van der Waals surface area contributed by atoms with Crippen molar-refractivity contribution in [2.45, 2.75) is 123 Å². The summed E-state index contributed by atoms with van der Waals surface area (Å²) in [6, 6.07) is 0. The van der Waals surface area contributed by atoms with Crippen LogP contribution in [0.25, 0.3) is 0 Å². The Kier molecular flexibility index (Phi) is 4.78. The number of rotatable bonds is 4. The van der Waals surface area contributed by atoms with Crippen LogP contribution < -0.4 is 0 Å². The fourth-order valence-corrected chi connectivity index (χ4v) is 9.65. The molecule has 0 spiro atoms. The average molecular weight is 387 g/mol. The van der Waals surface area contributed by atoms with Crippen molar-refractivity contribution in [1.29, 1.82) is 0 Å². The van der Waals surface area contributed by atoms with Crippen molar-refractivity contribution in [2.24, 2.45) is 46.3 Å². The lowest BCUT2D eigenvalue weighted by molar-refractivity contribution is -0.115. The minimum absolute atomic E-state index is 0.206. The number of hydrogen-bond donors (Lipinski definition) is 0. The SMILES string of the molecule is CC(C)CCC1O[C@]1(C)[C@H]1CC[C@H]2[C@@H]3CCC4CCCC[C@]4(C)[C@H]3CC[C@@]21C. The van der Waals surface area contributed by atoms with Crippen LogP contribution in [0.3, 0.4) is 0 Å². The molecule has 0 amide bonds. The van der Waals surface area contributed by atoms with E-state index < -0.39 is 0 Å². The molecule has 5 rings (SSSR count). The van der Waals surface area contributed by atoms with E-state index in [-0.39, 0.29) is 5.60 Å². The largest absolute Gasteiger partial charge is 0.366 e. The van der Waals surface area contributed by atoms with Gasteiger partial charge in [0.2, 0.25) is 0 Å². The molecule has 1 nitrogen and oxygen atoms in total. The molecule has 1 heteroatoms. The van der Waals surface area contributed by atoms with Crippen LogP contribution in [0.4, 0.5) is 0 Å². The molecule has 0 bridgehead atoms. The summed E-state index contributed by atoms with van der Waals surface area (Å²) >= 11 is 0. The highest BCUT2D eigenvalue weighted by atomic mass is 16.6. The van der Waals surface area contributed by atoms with Crippen LogP contribution in [0.2, 0.25) is 0 Å².